The van der Waals surface area contributed by atoms with Crippen LogP contribution in [0.3, 0.4) is 0 Å². The lowest BCUT2D eigenvalue weighted by atomic mass is 10.0. The number of carbonyl (C=O) groups excluding carboxylic acids is 1. The Labute approximate surface area is 165 Å². The van der Waals surface area contributed by atoms with E-state index in [2.05, 4.69) is 6.07 Å². The molecule has 2 aromatic carbocycles. The molecule has 0 radical (unpaired) electrons. The van der Waals surface area contributed by atoms with E-state index >= 15 is 0 Å². The second-order valence-electron chi connectivity index (χ2n) is 7.57. The second-order valence-corrected chi connectivity index (χ2v) is 9.72. The van der Waals surface area contributed by atoms with Gasteiger partial charge in [0.1, 0.15) is 5.75 Å². The van der Waals surface area contributed by atoms with Crippen molar-refractivity contribution in [3.8, 4) is 5.75 Å². The number of rotatable bonds is 4. The maximum absolute atomic E-state index is 13.0. The van der Waals surface area contributed by atoms with Crippen LogP contribution in [0.1, 0.15) is 11.1 Å². The summed E-state index contributed by atoms with van der Waals surface area (Å²) in [4.78, 5) is 16.7. The standard InChI is InChI=1S/C21H24N2O4S/c1-15-4-3-5-16(10-15)11-22-12-21(24)23(17-6-8-18(27-2)9-7-17)20-14-28(25,26)13-19(20)22/h3-10,19-20H,11-14H2,1-2H3/t19-,20+/m0/s1. The molecule has 0 N–H and O–H groups in total. The number of amides is 1. The average molecular weight is 401 g/mol. The zero-order chi connectivity index (χ0) is 19.9. The average Bonchev–Trinajstić information content (AvgIpc) is 2.97. The minimum atomic E-state index is -3.20. The zero-order valence-corrected chi connectivity index (χ0v) is 16.9. The lowest BCUT2D eigenvalue weighted by molar-refractivity contribution is -0.123. The first-order valence-corrected chi connectivity index (χ1v) is 11.1. The number of nitrogens with zero attached hydrogens (tertiary/aromatic N) is 2. The first-order chi connectivity index (χ1) is 13.4. The van der Waals surface area contributed by atoms with Crippen LogP contribution < -0.4 is 9.64 Å². The fourth-order valence-corrected chi connectivity index (χ4v) is 6.24. The quantitative estimate of drug-likeness (QED) is 0.786. The smallest absolute Gasteiger partial charge is 0.241 e. The van der Waals surface area contributed by atoms with Crippen LogP contribution in [-0.4, -0.2) is 56.5 Å². The highest BCUT2D eigenvalue weighted by Gasteiger charge is 2.49. The van der Waals surface area contributed by atoms with Gasteiger partial charge in [-0.1, -0.05) is 29.8 Å². The van der Waals surface area contributed by atoms with Crippen LogP contribution in [0.4, 0.5) is 5.69 Å². The van der Waals surface area contributed by atoms with Gasteiger partial charge in [-0.25, -0.2) is 8.42 Å². The van der Waals surface area contributed by atoms with Crippen LogP contribution in [0, 0.1) is 6.92 Å². The molecule has 2 aliphatic rings. The molecule has 0 spiro atoms. The monoisotopic (exact) mass is 400 g/mol. The van der Waals surface area contributed by atoms with Crippen molar-refractivity contribution in [1.29, 1.82) is 0 Å². The number of carbonyl (C=O) groups is 1. The van der Waals surface area contributed by atoms with Gasteiger partial charge in [0, 0.05) is 18.3 Å². The number of aryl methyl sites for hydroxylation is 1. The first-order valence-electron chi connectivity index (χ1n) is 9.32. The molecule has 2 aromatic rings. The van der Waals surface area contributed by atoms with Crippen molar-refractivity contribution in [1.82, 2.24) is 4.90 Å². The third-order valence-corrected chi connectivity index (χ3v) is 7.22. The molecule has 2 fully saturated rings. The van der Waals surface area contributed by atoms with Crippen LogP contribution in [0.5, 0.6) is 5.75 Å². The number of sulfone groups is 1. The molecule has 2 atom stereocenters. The van der Waals surface area contributed by atoms with Gasteiger partial charge in [0.05, 0.1) is 31.2 Å². The summed E-state index contributed by atoms with van der Waals surface area (Å²) in [6.45, 7) is 2.80. The molecule has 2 heterocycles. The molecule has 0 unspecified atom stereocenters. The van der Waals surface area contributed by atoms with Gasteiger partial charge >= 0.3 is 0 Å². The van der Waals surface area contributed by atoms with E-state index in [4.69, 9.17) is 4.74 Å². The Morgan fingerprint density at radius 1 is 1.07 bits per heavy atom. The fraction of sp³-hybridized carbons (Fsp3) is 0.381. The zero-order valence-electron chi connectivity index (χ0n) is 16.0. The third kappa shape index (κ3) is 3.64. The Kier molecular flexibility index (Phi) is 4.89. The summed E-state index contributed by atoms with van der Waals surface area (Å²) in [5.41, 5.74) is 2.96. The fourth-order valence-electron chi connectivity index (χ4n) is 4.25. The van der Waals surface area contributed by atoms with Crippen LogP contribution >= 0.6 is 0 Å². The summed E-state index contributed by atoms with van der Waals surface area (Å²) in [5, 5.41) is 0. The van der Waals surface area contributed by atoms with E-state index in [1.807, 2.05) is 42.2 Å². The highest BCUT2D eigenvalue weighted by atomic mass is 32.2. The highest BCUT2D eigenvalue weighted by molar-refractivity contribution is 7.91. The molecule has 4 rings (SSSR count). The number of methoxy groups -OCH3 is 1. The normalized spacial score (nSPS) is 24.2. The summed E-state index contributed by atoms with van der Waals surface area (Å²) >= 11 is 0. The van der Waals surface area contributed by atoms with Crippen molar-refractivity contribution in [3.63, 3.8) is 0 Å². The topological polar surface area (TPSA) is 66.9 Å². The van der Waals surface area contributed by atoms with E-state index in [0.29, 0.717) is 18.0 Å². The van der Waals surface area contributed by atoms with Gasteiger partial charge in [-0.3, -0.25) is 9.69 Å². The van der Waals surface area contributed by atoms with Crippen molar-refractivity contribution in [2.24, 2.45) is 0 Å². The molecule has 2 saturated heterocycles. The lowest BCUT2D eigenvalue weighted by Gasteiger charge is -2.43. The van der Waals surface area contributed by atoms with Gasteiger partial charge in [-0.05, 0) is 36.8 Å². The molecule has 0 saturated carbocycles. The van der Waals surface area contributed by atoms with Gasteiger partial charge < -0.3 is 9.64 Å². The van der Waals surface area contributed by atoms with E-state index in [-0.39, 0.29) is 36.0 Å². The molecule has 0 aromatic heterocycles. The summed E-state index contributed by atoms with van der Waals surface area (Å²) in [6.07, 6.45) is 0. The molecular weight excluding hydrogens is 376 g/mol. The van der Waals surface area contributed by atoms with Crippen LogP contribution in [0.15, 0.2) is 48.5 Å². The van der Waals surface area contributed by atoms with Crippen LogP contribution in [0.2, 0.25) is 0 Å². The molecule has 6 nitrogen and oxygen atoms in total. The second kappa shape index (κ2) is 7.22. The highest BCUT2D eigenvalue weighted by Crippen LogP contribution is 2.33. The number of hydrogen-bond donors (Lipinski definition) is 0. The van der Waals surface area contributed by atoms with E-state index in [1.165, 1.54) is 0 Å². The lowest BCUT2D eigenvalue weighted by Crippen LogP contribution is -2.61. The van der Waals surface area contributed by atoms with Gasteiger partial charge in [0.15, 0.2) is 9.84 Å². The van der Waals surface area contributed by atoms with Crippen molar-refractivity contribution in [2.45, 2.75) is 25.6 Å². The SMILES string of the molecule is COc1ccc(N2C(=O)CN(Cc3cccc(C)c3)[C@H]3CS(=O)(=O)C[C@H]32)cc1. The maximum atomic E-state index is 13.0. The molecule has 7 heteroatoms. The Morgan fingerprint density at radius 2 is 1.79 bits per heavy atom. The van der Waals surface area contributed by atoms with Crippen molar-refractivity contribution in [3.05, 3.63) is 59.7 Å². The molecule has 0 aliphatic carbocycles. The Morgan fingerprint density at radius 3 is 2.46 bits per heavy atom. The van der Waals surface area contributed by atoms with Gasteiger partial charge in [0.25, 0.3) is 0 Å². The minimum absolute atomic E-state index is 0.000245. The largest absolute Gasteiger partial charge is 0.497 e. The Balaban J connectivity index is 1.65. The summed E-state index contributed by atoms with van der Waals surface area (Å²) in [5.74, 6) is 0.712. The summed E-state index contributed by atoms with van der Waals surface area (Å²) in [6, 6.07) is 14.8. The molecular formula is C21H24N2O4S. The predicted octanol–water partition coefficient (Wildman–Crippen LogP) is 2.02. The number of anilines is 1. The molecule has 28 heavy (non-hydrogen) atoms. The summed E-state index contributed by atoms with van der Waals surface area (Å²) in [7, 11) is -1.61. The van der Waals surface area contributed by atoms with E-state index < -0.39 is 9.84 Å². The van der Waals surface area contributed by atoms with Crippen molar-refractivity contribution in [2.75, 3.05) is 30.1 Å². The number of piperazine rings is 1. The molecule has 1 amide bonds. The Hall–Kier alpha value is -2.38. The number of ether oxygens (including phenoxy) is 1. The van der Waals surface area contributed by atoms with E-state index in [9.17, 15) is 13.2 Å². The molecule has 2 aliphatic heterocycles. The third-order valence-electron chi connectivity index (χ3n) is 5.52. The van der Waals surface area contributed by atoms with Crippen LogP contribution in [-0.2, 0) is 21.2 Å². The van der Waals surface area contributed by atoms with E-state index in [0.717, 1.165) is 11.1 Å². The van der Waals surface area contributed by atoms with Gasteiger partial charge in [-0.2, -0.15) is 0 Å². The number of fused-ring (bicyclic) bond motifs is 1. The first kappa shape index (κ1) is 19.0. The van der Waals surface area contributed by atoms with Gasteiger partial charge in [-0.15, -0.1) is 0 Å². The maximum Gasteiger partial charge on any atom is 0.241 e. The number of hydrogen-bond acceptors (Lipinski definition) is 5. The molecule has 0 bridgehead atoms. The predicted molar refractivity (Wildman–Crippen MR) is 108 cm³/mol. The molecule has 148 valence electrons. The van der Waals surface area contributed by atoms with Crippen LogP contribution in [0.25, 0.3) is 0 Å². The van der Waals surface area contributed by atoms with Crippen molar-refractivity contribution >= 4 is 21.4 Å². The Bertz CT molecular complexity index is 988. The minimum Gasteiger partial charge on any atom is -0.497 e. The number of benzene rings is 2. The van der Waals surface area contributed by atoms with Crippen molar-refractivity contribution < 1.29 is 17.9 Å². The van der Waals surface area contributed by atoms with Gasteiger partial charge in [0.2, 0.25) is 5.91 Å². The van der Waals surface area contributed by atoms with E-state index in [1.54, 1.807) is 24.1 Å². The summed E-state index contributed by atoms with van der Waals surface area (Å²) < 4.78 is 30.1.